The van der Waals surface area contributed by atoms with Crippen LogP contribution in [0.3, 0.4) is 0 Å². The Morgan fingerprint density at radius 2 is 2.33 bits per heavy atom. The van der Waals surface area contributed by atoms with Gasteiger partial charge in [0.05, 0.1) is 7.11 Å². The molecule has 0 aromatic carbocycles. The van der Waals surface area contributed by atoms with Crippen molar-refractivity contribution in [2.45, 2.75) is 0 Å². The lowest BCUT2D eigenvalue weighted by Crippen LogP contribution is -2.35. The third-order valence-corrected chi connectivity index (χ3v) is 0.976. The van der Waals surface area contributed by atoms with E-state index in [1.807, 2.05) is 0 Å². The van der Waals surface area contributed by atoms with Gasteiger partial charge in [0.1, 0.15) is 6.54 Å². The van der Waals surface area contributed by atoms with Gasteiger partial charge in [0, 0.05) is 7.05 Å². The van der Waals surface area contributed by atoms with Crippen LogP contribution in [-0.2, 0) is 9.53 Å². The van der Waals surface area contributed by atoms with Crippen LogP contribution in [0.1, 0.15) is 0 Å². The molecular weight excluding hydrogens is 120 g/mol. The first-order valence-electron chi connectivity index (χ1n) is 2.66. The predicted molar refractivity (Wildman–Crippen MR) is 33.7 cm³/mol. The number of likely N-dealkylation sites (N-methyl/N-ethyl adjacent to an activating group) is 1. The molecular formula is C5H12N2O2. The second-order valence-corrected chi connectivity index (χ2v) is 1.66. The second-order valence-electron chi connectivity index (χ2n) is 1.66. The van der Waals surface area contributed by atoms with Gasteiger partial charge < -0.3 is 4.74 Å². The summed E-state index contributed by atoms with van der Waals surface area (Å²) in [6.45, 7) is 0.271. The van der Waals surface area contributed by atoms with Crippen LogP contribution in [0.25, 0.3) is 0 Å². The molecule has 4 nitrogen and oxygen atoms in total. The molecule has 0 saturated carbocycles. The number of ether oxygens (including phenoxy) is 1. The SMILES string of the molecule is CNN(C)CC(=O)OC. The highest BCUT2D eigenvalue weighted by Gasteiger charge is 2.01. The molecule has 0 bridgehead atoms. The Morgan fingerprint density at radius 3 is 2.67 bits per heavy atom. The molecule has 0 aliphatic carbocycles. The molecule has 0 aromatic rings. The smallest absolute Gasteiger partial charge is 0.321 e. The van der Waals surface area contributed by atoms with E-state index in [9.17, 15) is 4.79 Å². The first kappa shape index (κ1) is 8.39. The summed E-state index contributed by atoms with van der Waals surface area (Å²) in [6.07, 6.45) is 0. The number of carbonyl (C=O) groups is 1. The van der Waals surface area contributed by atoms with Gasteiger partial charge in [0.15, 0.2) is 0 Å². The Hall–Kier alpha value is -0.610. The van der Waals surface area contributed by atoms with Crippen LogP contribution in [0.4, 0.5) is 0 Å². The van der Waals surface area contributed by atoms with E-state index in [4.69, 9.17) is 0 Å². The Morgan fingerprint density at radius 1 is 1.78 bits per heavy atom. The molecule has 0 spiro atoms. The summed E-state index contributed by atoms with van der Waals surface area (Å²) < 4.78 is 4.40. The van der Waals surface area contributed by atoms with E-state index in [0.717, 1.165) is 0 Å². The van der Waals surface area contributed by atoms with Crippen LogP contribution in [-0.4, -0.2) is 38.7 Å². The van der Waals surface area contributed by atoms with E-state index >= 15 is 0 Å². The lowest BCUT2D eigenvalue weighted by Gasteiger charge is -2.11. The van der Waals surface area contributed by atoms with Gasteiger partial charge in [-0.25, -0.2) is 5.01 Å². The average molecular weight is 132 g/mol. The fraction of sp³-hybridized carbons (Fsp3) is 0.800. The molecule has 0 aromatic heterocycles. The molecule has 0 unspecified atom stereocenters. The van der Waals surface area contributed by atoms with E-state index in [-0.39, 0.29) is 12.5 Å². The van der Waals surface area contributed by atoms with Gasteiger partial charge in [-0.05, 0) is 7.05 Å². The Bertz CT molecular complexity index is 95.0. The molecule has 0 rings (SSSR count). The molecule has 4 heteroatoms. The first-order chi connectivity index (χ1) is 4.20. The van der Waals surface area contributed by atoms with E-state index in [2.05, 4.69) is 10.2 Å². The fourth-order valence-corrected chi connectivity index (χ4v) is 0.337. The van der Waals surface area contributed by atoms with Crippen molar-refractivity contribution in [1.82, 2.24) is 10.4 Å². The number of carbonyl (C=O) groups excluding carboxylic acids is 1. The van der Waals surface area contributed by atoms with Crippen molar-refractivity contribution < 1.29 is 9.53 Å². The molecule has 0 atom stereocenters. The minimum absolute atomic E-state index is 0.244. The van der Waals surface area contributed by atoms with Gasteiger partial charge in [-0.1, -0.05) is 0 Å². The molecule has 0 fully saturated rings. The Labute approximate surface area is 54.8 Å². The standard InChI is InChI=1S/C5H12N2O2/c1-6-7(2)4-5(8)9-3/h6H,4H2,1-3H3. The third-order valence-electron chi connectivity index (χ3n) is 0.976. The van der Waals surface area contributed by atoms with Crippen LogP contribution in [0.5, 0.6) is 0 Å². The molecule has 0 aliphatic heterocycles. The topological polar surface area (TPSA) is 41.6 Å². The van der Waals surface area contributed by atoms with Crippen LogP contribution in [0.15, 0.2) is 0 Å². The zero-order valence-corrected chi connectivity index (χ0v) is 5.97. The maximum Gasteiger partial charge on any atom is 0.321 e. The number of hydrazine groups is 1. The van der Waals surface area contributed by atoms with Crippen molar-refractivity contribution in [3.8, 4) is 0 Å². The predicted octanol–water partition coefficient (Wildman–Crippen LogP) is -0.774. The van der Waals surface area contributed by atoms with Crippen molar-refractivity contribution in [2.75, 3.05) is 27.7 Å². The lowest BCUT2D eigenvalue weighted by molar-refractivity contribution is -0.142. The van der Waals surface area contributed by atoms with E-state index in [1.54, 1.807) is 19.1 Å². The van der Waals surface area contributed by atoms with Gasteiger partial charge in [-0.3, -0.25) is 10.2 Å². The molecule has 0 amide bonds. The normalized spacial score (nSPS) is 9.78. The van der Waals surface area contributed by atoms with Gasteiger partial charge in [-0.2, -0.15) is 0 Å². The quantitative estimate of drug-likeness (QED) is 0.404. The second kappa shape index (κ2) is 4.29. The summed E-state index contributed by atoms with van der Waals surface area (Å²) in [5, 5.41) is 1.63. The van der Waals surface area contributed by atoms with E-state index < -0.39 is 0 Å². The third kappa shape index (κ3) is 3.93. The number of nitrogens with zero attached hydrogens (tertiary/aromatic N) is 1. The van der Waals surface area contributed by atoms with E-state index in [1.165, 1.54) is 7.11 Å². The van der Waals surface area contributed by atoms with Gasteiger partial charge >= 0.3 is 5.97 Å². The van der Waals surface area contributed by atoms with Crippen LogP contribution >= 0.6 is 0 Å². The van der Waals surface area contributed by atoms with Gasteiger partial charge in [-0.15, -0.1) is 0 Å². The van der Waals surface area contributed by atoms with Crippen molar-refractivity contribution in [2.24, 2.45) is 0 Å². The molecule has 1 N–H and O–H groups in total. The highest BCUT2D eigenvalue weighted by molar-refractivity contribution is 5.71. The van der Waals surface area contributed by atoms with Crippen LogP contribution in [0, 0.1) is 0 Å². The van der Waals surface area contributed by atoms with Gasteiger partial charge in [0.25, 0.3) is 0 Å². The zero-order chi connectivity index (χ0) is 7.28. The summed E-state index contributed by atoms with van der Waals surface area (Å²) >= 11 is 0. The number of hydrogen-bond donors (Lipinski definition) is 1. The highest BCUT2D eigenvalue weighted by Crippen LogP contribution is 1.76. The average Bonchev–Trinajstić information content (AvgIpc) is 1.87. The van der Waals surface area contributed by atoms with Crippen molar-refractivity contribution >= 4 is 5.97 Å². The summed E-state index contributed by atoms with van der Waals surface area (Å²) in [7, 11) is 4.87. The maximum absolute atomic E-state index is 10.5. The Kier molecular flexibility index (Phi) is 4.00. The largest absolute Gasteiger partial charge is 0.468 e. The number of methoxy groups -OCH3 is 1. The van der Waals surface area contributed by atoms with Crippen LogP contribution in [0.2, 0.25) is 0 Å². The maximum atomic E-state index is 10.5. The molecule has 0 heterocycles. The summed E-state index contributed by atoms with van der Waals surface area (Å²) in [5.74, 6) is -0.244. The molecule has 54 valence electrons. The van der Waals surface area contributed by atoms with E-state index in [0.29, 0.717) is 0 Å². The number of nitrogens with one attached hydrogen (secondary N) is 1. The number of esters is 1. The molecule has 0 saturated heterocycles. The fourth-order valence-electron chi connectivity index (χ4n) is 0.337. The Balaban J connectivity index is 3.34. The molecule has 0 aliphatic rings. The first-order valence-corrected chi connectivity index (χ1v) is 2.66. The van der Waals surface area contributed by atoms with Crippen molar-refractivity contribution in [3.63, 3.8) is 0 Å². The summed E-state index contributed by atoms with van der Waals surface area (Å²) in [4.78, 5) is 10.5. The lowest BCUT2D eigenvalue weighted by atomic mass is 10.6. The summed E-state index contributed by atoms with van der Waals surface area (Å²) in [6, 6.07) is 0. The highest BCUT2D eigenvalue weighted by atomic mass is 16.5. The minimum Gasteiger partial charge on any atom is -0.468 e. The minimum atomic E-state index is -0.244. The monoisotopic (exact) mass is 132 g/mol. The molecule has 9 heavy (non-hydrogen) atoms. The molecule has 0 radical (unpaired) electrons. The van der Waals surface area contributed by atoms with Crippen molar-refractivity contribution in [1.29, 1.82) is 0 Å². The van der Waals surface area contributed by atoms with Crippen molar-refractivity contribution in [3.05, 3.63) is 0 Å². The number of hydrogen-bond acceptors (Lipinski definition) is 4. The zero-order valence-electron chi connectivity index (χ0n) is 5.97. The van der Waals surface area contributed by atoms with Gasteiger partial charge in [0.2, 0.25) is 0 Å². The number of rotatable bonds is 3. The van der Waals surface area contributed by atoms with Crippen LogP contribution < -0.4 is 5.43 Å². The summed E-state index contributed by atoms with van der Waals surface area (Å²) in [5.41, 5.74) is 2.76.